The summed E-state index contributed by atoms with van der Waals surface area (Å²) >= 11 is 9.46. The predicted molar refractivity (Wildman–Crippen MR) is 82.0 cm³/mol. The summed E-state index contributed by atoms with van der Waals surface area (Å²) in [5.74, 6) is 0.758. The topological polar surface area (TPSA) is 37.8 Å². The molecule has 0 aliphatic rings. The molecule has 19 heavy (non-hydrogen) atoms. The molecule has 94 valence electrons. The molecule has 0 aliphatic carbocycles. The number of hydrogen-bond donors (Lipinski definition) is 1. The number of nitrogens with one attached hydrogen (secondary N) is 1. The predicted octanol–water partition coefficient (Wildman–Crippen LogP) is 4.79. The van der Waals surface area contributed by atoms with Crippen LogP contribution in [0.25, 0.3) is 10.9 Å². The van der Waals surface area contributed by atoms with Gasteiger partial charge in [-0.3, -0.25) is 0 Å². The summed E-state index contributed by atoms with van der Waals surface area (Å²) in [6, 6.07) is 13.4. The van der Waals surface area contributed by atoms with Gasteiger partial charge in [0.1, 0.15) is 12.1 Å². The maximum atomic E-state index is 5.97. The van der Waals surface area contributed by atoms with Gasteiger partial charge >= 0.3 is 0 Å². The average molecular weight is 335 g/mol. The number of para-hydroxylation sites is 1. The Morgan fingerprint density at radius 2 is 1.89 bits per heavy atom. The second-order valence-corrected chi connectivity index (χ2v) is 5.28. The van der Waals surface area contributed by atoms with E-state index in [1.165, 1.54) is 0 Å². The molecule has 0 radical (unpaired) electrons. The summed E-state index contributed by atoms with van der Waals surface area (Å²) < 4.78 is 0.946. The van der Waals surface area contributed by atoms with Gasteiger partial charge in [-0.2, -0.15) is 0 Å². The van der Waals surface area contributed by atoms with E-state index < -0.39 is 0 Å². The molecule has 0 fully saturated rings. The first kappa shape index (κ1) is 12.4. The van der Waals surface area contributed by atoms with Gasteiger partial charge in [-0.15, -0.1) is 0 Å². The van der Waals surface area contributed by atoms with Crippen molar-refractivity contribution in [3.8, 4) is 0 Å². The summed E-state index contributed by atoms with van der Waals surface area (Å²) in [5, 5.41) is 4.90. The summed E-state index contributed by atoms with van der Waals surface area (Å²) in [7, 11) is 0. The van der Waals surface area contributed by atoms with Crippen molar-refractivity contribution in [1.29, 1.82) is 0 Å². The Hall–Kier alpha value is -1.65. The Bertz CT molecular complexity index is 746. The summed E-state index contributed by atoms with van der Waals surface area (Å²) in [4.78, 5) is 8.56. The van der Waals surface area contributed by atoms with E-state index in [0.717, 1.165) is 26.9 Å². The highest BCUT2D eigenvalue weighted by Gasteiger charge is 2.06. The Labute approximate surface area is 123 Å². The van der Waals surface area contributed by atoms with E-state index in [4.69, 9.17) is 11.6 Å². The van der Waals surface area contributed by atoms with Crippen molar-refractivity contribution in [3.63, 3.8) is 0 Å². The minimum Gasteiger partial charge on any atom is -0.340 e. The third-order valence-corrected chi connectivity index (χ3v) is 3.58. The first-order valence-electron chi connectivity index (χ1n) is 5.66. The lowest BCUT2D eigenvalue weighted by atomic mass is 10.2. The molecule has 2 aromatic carbocycles. The van der Waals surface area contributed by atoms with Gasteiger partial charge in [0.05, 0.1) is 5.52 Å². The minimum absolute atomic E-state index is 0.685. The average Bonchev–Trinajstić information content (AvgIpc) is 2.40. The SMILES string of the molecule is Clc1cccc(Nc2ncnc3c(Br)cccc23)c1. The summed E-state index contributed by atoms with van der Waals surface area (Å²) in [6.45, 7) is 0. The van der Waals surface area contributed by atoms with Crippen LogP contribution in [0.2, 0.25) is 5.02 Å². The standard InChI is InChI=1S/C14H9BrClN3/c15-12-6-2-5-11-13(12)17-8-18-14(11)19-10-4-1-3-9(16)7-10/h1-8H,(H,17,18,19). The fourth-order valence-corrected chi connectivity index (χ4v) is 2.51. The zero-order valence-electron chi connectivity index (χ0n) is 9.77. The Morgan fingerprint density at radius 3 is 2.74 bits per heavy atom. The van der Waals surface area contributed by atoms with Crippen molar-refractivity contribution in [1.82, 2.24) is 9.97 Å². The van der Waals surface area contributed by atoms with Gasteiger partial charge in [-0.1, -0.05) is 23.7 Å². The first-order valence-corrected chi connectivity index (χ1v) is 6.83. The van der Waals surface area contributed by atoms with Crippen LogP contribution in [0.15, 0.2) is 53.3 Å². The lowest BCUT2D eigenvalue weighted by molar-refractivity contribution is 1.21. The van der Waals surface area contributed by atoms with E-state index in [2.05, 4.69) is 31.2 Å². The highest BCUT2D eigenvalue weighted by atomic mass is 79.9. The molecule has 3 aromatic rings. The summed E-state index contributed by atoms with van der Waals surface area (Å²) in [5.41, 5.74) is 1.77. The van der Waals surface area contributed by atoms with Crippen LogP contribution in [-0.2, 0) is 0 Å². The monoisotopic (exact) mass is 333 g/mol. The molecule has 1 heterocycles. The number of fused-ring (bicyclic) bond motifs is 1. The van der Waals surface area contributed by atoms with Crippen LogP contribution in [0, 0.1) is 0 Å². The van der Waals surface area contributed by atoms with Gasteiger partial charge in [0.25, 0.3) is 0 Å². The molecule has 0 amide bonds. The van der Waals surface area contributed by atoms with Crippen LogP contribution in [0.4, 0.5) is 11.5 Å². The van der Waals surface area contributed by atoms with E-state index in [0.29, 0.717) is 5.02 Å². The quantitative estimate of drug-likeness (QED) is 0.732. The van der Waals surface area contributed by atoms with Crippen molar-refractivity contribution < 1.29 is 0 Å². The van der Waals surface area contributed by atoms with Gasteiger partial charge < -0.3 is 5.32 Å². The van der Waals surface area contributed by atoms with Crippen LogP contribution in [0.5, 0.6) is 0 Å². The Morgan fingerprint density at radius 1 is 1.05 bits per heavy atom. The molecule has 3 nitrogen and oxygen atoms in total. The van der Waals surface area contributed by atoms with Crippen LogP contribution in [0.1, 0.15) is 0 Å². The van der Waals surface area contributed by atoms with Gasteiger partial charge in [-0.25, -0.2) is 9.97 Å². The molecule has 0 atom stereocenters. The molecular weight excluding hydrogens is 326 g/mol. The molecule has 0 bridgehead atoms. The van der Waals surface area contributed by atoms with Crippen molar-refractivity contribution in [2.45, 2.75) is 0 Å². The number of rotatable bonds is 2. The second kappa shape index (κ2) is 5.15. The van der Waals surface area contributed by atoms with Crippen LogP contribution in [-0.4, -0.2) is 9.97 Å². The minimum atomic E-state index is 0.685. The zero-order valence-corrected chi connectivity index (χ0v) is 12.1. The van der Waals surface area contributed by atoms with Crippen molar-refractivity contribution in [2.24, 2.45) is 0 Å². The van der Waals surface area contributed by atoms with Gasteiger partial charge in [0.2, 0.25) is 0 Å². The van der Waals surface area contributed by atoms with Crippen molar-refractivity contribution in [3.05, 3.63) is 58.3 Å². The highest BCUT2D eigenvalue weighted by Crippen LogP contribution is 2.28. The number of benzene rings is 2. The number of hydrogen-bond acceptors (Lipinski definition) is 3. The molecule has 1 N–H and O–H groups in total. The number of aromatic nitrogens is 2. The van der Waals surface area contributed by atoms with Crippen LogP contribution in [0.3, 0.4) is 0 Å². The second-order valence-electron chi connectivity index (χ2n) is 3.99. The number of nitrogens with zero attached hydrogens (tertiary/aromatic N) is 2. The first-order chi connectivity index (χ1) is 9.24. The van der Waals surface area contributed by atoms with Gasteiger partial charge in [-0.05, 0) is 46.3 Å². The van der Waals surface area contributed by atoms with E-state index in [1.807, 2.05) is 42.5 Å². The third-order valence-electron chi connectivity index (χ3n) is 2.70. The normalized spacial score (nSPS) is 10.6. The molecule has 5 heteroatoms. The number of halogens is 2. The Kier molecular flexibility index (Phi) is 3.36. The smallest absolute Gasteiger partial charge is 0.141 e. The lowest BCUT2D eigenvalue weighted by Crippen LogP contribution is -1.96. The maximum absolute atomic E-state index is 5.97. The fraction of sp³-hybridized carbons (Fsp3) is 0. The molecule has 0 saturated carbocycles. The summed E-state index contributed by atoms with van der Waals surface area (Å²) in [6.07, 6.45) is 1.54. The van der Waals surface area contributed by atoms with E-state index >= 15 is 0 Å². The fourth-order valence-electron chi connectivity index (χ4n) is 1.85. The molecule has 3 rings (SSSR count). The van der Waals surface area contributed by atoms with E-state index in [9.17, 15) is 0 Å². The lowest BCUT2D eigenvalue weighted by Gasteiger charge is -2.09. The third kappa shape index (κ3) is 2.55. The molecule has 0 aliphatic heterocycles. The van der Waals surface area contributed by atoms with Crippen molar-refractivity contribution in [2.75, 3.05) is 5.32 Å². The largest absolute Gasteiger partial charge is 0.340 e. The van der Waals surface area contributed by atoms with Crippen molar-refractivity contribution >= 4 is 49.9 Å². The molecule has 1 aromatic heterocycles. The molecule has 0 unspecified atom stereocenters. The maximum Gasteiger partial charge on any atom is 0.141 e. The van der Waals surface area contributed by atoms with Gasteiger partial charge in [0, 0.05) is 20.6 Å². The van der Waals surface area contributed by atoms with Gasteiger partial charge in [0.15, 0.2) is 0 Å². The van der Waals surface area contributed by atoms with E-state index in [-0.39, 0.29) is 0 Å². The van der Waals surface area contributed by atoms with E-state index in [1.54, 1.807) is 6.33 Å². The van der Waals surface area contributed by atoms with Crippen LogP contribution < -0.4 is 5.32 Å². The van der Waals surface area contributed by atoms with Crippen LogP contribution >= 0.6 is 27.5 Å². The molecular formula is C14H9BrClN3. The highest BCUT2D eigenvalue weighted by molar-refractivity contribution is 9.10. The molecule has 0 spiro atoms. The molecule has 0 saturated heterocycles. The number of anilines is 2. The Balaban J connectivity index is 2.08. The zero-order chi connectivity index (χ0) is 13.2.